The number of aryl methyl sites for hydroxylation is 1. The predicted octanol–water partition coefficient (Wildman–Crippen LogP) is 3.26. The zero-order chi connectivity index (χ0) is 19.2. The Kier molecular flexibility index (Phi) is 6.27. The van der Waals surface area contributed by atoms with E-state index in [1.807, 2.05) is 27.7 Å². The van der Waals surface area contributed by atoms with E-state index >= 15 is 0 Å². The first kappa shape index (κ1) is 19.4. The summed E-state index contributed by atoms with van der Waals surface area (Å²) in [7, 11) is 0. The third-order valence-electron chi connectivity index (χ3n) is 3.38. The maximum absolute atomic E-state index is 11.8. The summed E-state index contributed by atoms with van der Waals surface area (Å²) in [5.74, 6) is 0.560. The molecule has 7 nitrogen and oxygen atoms in total. The normalized spacial score (nSPS) is 11.9. The van der Waals surface area contributed by atoms with Gasteiger partial charge in [-0.2, -0.15) is 5.10 Å². The fourth-order valence-electron chi connectivity index (χ4n) is 2.23. The number of nitrogens with one attached hydrogen (secondary N) is 2. The zero-order valence-corrected chi connectivity index (χ0v) is 15.8. The largest absolute Gasteiger partial charge is 0.350 e. The highest BCUT2D eigenvalue weighted by atomic mass is 16.1. The molecule has 0 fully saturated rings. The van der Waals surface area contributed by atoms with Gasteiger partial charge in [0.25, 0.3) is 5.56 Å². The van der Waals surface area contributed by atoms with E-state index in [9.17, 15) is 4.79 Å². The first-order valence-corrected chi connectivity index (χ1v) is 8.59. The lowest BCUT2D eigenvalue weighted by atomic mass is 10.1. The number of pyridine rings is 1. The number of aromatic nitrogens is 3. The molecule has 0 saturated heterocycles. The minimum absolute atomic E-state index is 0.0272. The number of hydrazone groups is 1. The van der Waals surface area contributed by atoms with Crippen molar-refractivity contribution in [3.05, 3.63) is 59.3 Å². The van der Waals surface area contributed by atoms with E-state index in [1.165, 1.54) is 6.07 Å². The molecule has 26 heavy (non-hydrogen) atoms. The molecule has 2 heterocycles. The molecule has 2 aromatic rings. The standard InChI is InChI=1S/C19H26N6O/c1-6-10-25-13-15(8-9-17(25)26)23-24-16(7-2)14-11-20-18(21-12-14)22-19(3,4)5/h7-9,11-13,23H,2,6,10H2,1,3-5H3,(H,20,21,22)/b24-16+. The van der Waals surface area contributed by atoms with Crippen molar-refractivity contribution >= 4 is 17.3 Å². The summed E-state index contributed by atoms with van der Waals surface area (Å²) in [6.07, 6.45) is 7.66. The molecular formula is C19H26N6O. The third-order valence-corrected chi connectivity index (χ3v) is 3.38. The molecule has 0 spiro atoms. The van der Waals surface area contributed by atoms with Crippen LogP contribution in [0.15, 0.2) is 53.3 Å². The molecule has 0 aliphatic carbocycles. The van der Waals surface area contributed by atoms with Crippen molar-refractivity contribution in [2.24, 2.45) is 5.10 Å². The van der Waals surface area contributed by atoms with Gasteiger partial charge in [0.15, 0.2) is 0 Å². The molecule has 7 heteroatoms. The average Bonchev–Trinajstić information content (AvgIpc) is 2.58. The van der Waals surface area contributed by atoms with Crippen LogP contribution >= 0.6 is 0 Å². The van der Waals surface area contributed by atoms with Crippen molar-refractivity contribution in [3.8, 4) is 0 Å². The SMILES string of the molecule is C=C/C(=N\Nc1ccc(=O)n(CCC)c1)c1cnc(NC(C)(C)C)nc1. The summed E-state index contributed by atoms with van der Waals surface area (Å²) in [5, 5.41) is 7.56. The van der Waals surface area contributed by atoms with E-state index in [2.05, 4.69) is 32.4 Å². The maximum atomic E-state index is 11.8. The van der Waals surface area contributed by atoms with Gasteiger partial charge in [0.1, 0.15) is 0 Å². The molecule has 0 unspecified atom stereocenters. The van der Waals surface area contributed by atoms with Crippen LogP contribution < -0.4 is 16.3 Å². The van der Waals surface area contributed by atoms with Gasteiger partial charge in [-0.15, -0.1) is 0 Å². The number of anilines is 2. The Morgan fingerprint density at radius 1 is 1.31 bits per heavy atom. The second-order valence-corrected chi connectivity index (χ2v) is 6.93. The van der Waals surface area contributed by atoms with E-state index in [4.69, 9.17) is 0 Å². The fraction of sp³-hybridized carbons (Fsp3) is 0.368. The van der Waals surface area contributed by atoms with E-state index in [-0.39, 0.29) is 11.1 Å². The van der Waals surface area contributed by atoms with Crippen molar-refractivity contribution in [3.63, 3.8) is 0 Å². The molecule has 2 rings (SSSR count). The van der Waals surface area contributed by atoms with Gasteiger partial charge < -0.3 is 9.88 Å². The summed E-state index contributed by atoms with van der Waals surface area (Å²) < 4.78 is 1.65. The minimum atomic E-state index is -0.111. The number of allylic oxidation sites excluding steroid dienone is 1. The Morgan fingerprint density at radius 2 is 2.00 bits per heavy atom. The molecule has 0 aromatic carbocycles. The number of rotatable bonds is 7. The summed E-state index contributed by atoms with van der Waals surface area (Å²) in [6, 6.07) is 3.22. The maximum Gasteiger partial charge on any atom is 0.250 e. The van der Waals surface area contributed by atoms with Crippen LogP contribution in [0.1, 0.15) is 39.7 Å². The number of hydrogen-bond acceptors (Lipinski definition) is 6. The molecule has 0 aliphatic heterocycles. The lowest BCUT2D eigenvalue weighted by molar-refractivity contribution is 0.626. The van der Waals surface area contributed by atoms with Gasteiger partial charge in [-0.25, -0.2) is 9.97 Å². The second kappa shape index (κ2) is 8.42. The zero-order valence-electron chi connectivity index (χ0n) is 15.8. The minimum Gasteiger partial charge on any atom is -0.350 e. The van der Waals surface area contributed by atoms with Crippen LogP contribution in [0.5, 0.6) is 0 Å². The van der Waals surface area contributed by atoms with Gasteiger partial charge in [-0.05, 0) is 39.3 Å². The number of nitrogens with zero attached hydrogens (tertiary/aromatic N) is 4. The van der Waals surface area contributed by atoms with E-state index in [1.54, 1.807) is 35.3 Å². The van der Waals surface area contributed by atoms with Crippen molar-refractivity contribution < 1.29 is 0 Å². The average molecular weight is 354 g/mol. The van der Waals surface area contributed by atoms with Gasteiger partial charge in [-0.1, -0.05) is 13.5 Å². The summed E-state index contributed by atoms with van der Waals surface area (Å²) in [6.45, 7) is 12.6. The van der Waals surface area contributed by atoms with Crippen molar-refractivity contribution in [1.29, 1.82) is 0 Å². The summed E-state index contributed by atoms with van der Waals surface area (Å²) in [5.41, 5.74) is 4.90. The van der Waals surface area contributed by atoms with Gasteiger partial charge in [0, 0.05) is 42.3 Å². The lowest BCUT2D eigenvalue weighted by Gasteiger charge is -2.20. The highest BCUT2D eigenvalue weighted by Crippen LogP contribution is 2.10. The Hall–Kier alpha value is -2.96. The van der Waals surface area contributed by atoms with Crippen molar-refractivity contribution in [2.75, 3.05) is 10.7 Å². The topological polar surface area (TPSA) is 84.2 Å². The molecule has 2 N–H and O–H groups in total. The van der Waals surface area contributed by atoms with Crippen molar-refractivity contribution in [2.45, 2.75) is 46.2 Å². The Balaban J connectivity index is 2.16. The smallest absolute Gasteiger partial charge is 0.250 e. The van der Waals surface area contributed by atoms with Gasteiger partial charge in [-0.3, -0.25) is 10.2 Å². The highest BCUT2D eigenvalue weighted by Gasteiger charge is 2.11. The van der Waals surface area contributed by atoms with E-state index in [0.29, 0.717) is 18.2 Å². The number of hydrogen-bond donors (Lipinski definition) is 2. The quantitative estimate of drug-likeness (QED) is 0.589. The van der Waals surface area contributed by atoms with Crippen LogP contribution in [0, 0.1) is 0 Å². The van der Waals surface area contributed by atoms with E-state index < -0.39 is 0 Å². The Bertz CT molecular complexity index is 830. The Morgan fingerprint density at radius 3 is 2.58 bits per heavy atom. The van der Waals surface area contributed by atoms with Gasteiger partial charge >= 0.3 is 0 Å². The van der Waals surface area contributed by atoms with Crippen molar-refractivity contribution in [1.82, 2.24) is 14.5 Å². The summed E-state index contributed by atoms with van der Waals surface area (Å²) >= 11 is 0. The van der Waals surface area contributed by atoms with Crippen LogP contribution in [-0.4, -0.2) is 25.8 Å². The lowest BCUT2D eigenvalue weighted by Crippen LogP contribution is -2.27. The first-order valence-electron chi connectivity index (χ1n) is 8.59. The molecule has 0 amide bonds. The predicted molar refractivity (Wildman–Crippen MR) is 107 cm³/mol. The second-order valence-electron chi connectivity index (χ2n) is 6.93. The van der Waals surface area contributed by atoms with Gasteiger partial charge in [0.2, 0.25) is 5.95 Å². The first-order chi connectivity index (χ1) is 12.3. The van der Waals surface area contributed by atoms with Crippen LogP contribution in [0.4, 0.5) is 11.6 Å². The molecule has 0 atom stereocenters. The van der Waals surface area contributed by atoms with Crippen LogP contribution in [0.2, 0.25) is 0 Å². The van der Waals surface area contributed by atoms with Crippen LogP contribution in [0.3, 0.4) is 0 Å². The van der Waals surface area contributed by atoms with Gasteiger partial charge in [0.05, 0.1) is 11.4 Å². The highest BCUT2D eigenvalue weighted by molar-refractivity contribution is 6.08. The molecule has 0 aliphatic rings. The molecule has 0 bridgehead atoms. The molecule has 2 aromatic heterocycles. The van der Waals surface area contributed by atoms with E-state index in [0.717, 1.165) is 17.7 Å². The molecular weight excluding hydrogens is 328 g/mol. The fourth-order valence-corrected chi connectivity index (χ4v) is 2.23. The molecule has 0 saturated carbocycles. The van der Waals surface area contributed by atoms with Crippen LogP contribution in [-0.2, 0) is 6.54 Å². The molecule has 138 valence electrons. The van der Waals surface area contributed by atoms with Crippen LogP contribution in [0.25, 0.3) is 0 Å². The Labute approximate surface area is 153 Å². The monoisotopic (exact) mass is 354 g/mol. The summed E-state index contributed by atoms with van der Waals surface area (Å²) in [4.78, 5) is 20.4. The molecule has 0 radical (unpaired) electrons. The third kappa shape index (κ3) is 5.54.